The Labute approximate surface area is 497 Å². The van der Waals surface area contributed by atoms with Crippen LogP contribution < -0.4 is 0 Å². The van der Waals surface area contributed by atoms with E-state index in [0.29, 0.717) is 23.9 Å². The van der Waals surface area contributed by atoms with Gasteiger partial charge in [-0.3, -0.25) is 18.6 Å². The maximum atomic E-state index is 12.9. The number of esters is 2. The smallest absolute Gasteiger partial charge is 0.462 e. The highest BCUT2D eigenvalue weighted by Gasteiger charge is 2.27. The second-order valence-electron chi connectivity index (χ2n) is 24.9. The molecule has 0 aromatic heterocycles. The van der Waals surface area contributed by atoms with Crippen molar-refractivity contribution in [3.63, 3.8) is 0 Å². The summed E-state index contributed by atoms with van der Waals surface area (Å²) in [6.45, 7) is 4.48. The Kier molecular flexibility index (Phi) is 60.4. The Hall–Kier alpha value is -1.77. The summed E-state index contributed by atoms with van der Waals surface area (Å²) in [6.07, 6.45) is 78.3. The molecular weight excluding hydrogens is 1010 g/mol. The van der Waals surface area contributed by atoms with Gasteiger partial charge in [0, 0.05) is 12.8 Å². The Morgan fingerprint density at radius 3 is 1.00 bits per heavy atom. The van der Waals surface area contributed by atoms with Gasteiger partial charge in [0.25, 0.3) is 0 Å². The minimum absolute atomic E-state index is 0.0355. The summed E-state index contributed by atoms with van der Waals surface area (Å²) in [5.41, 5.74) is 0. The minimum Gasteiger partial charge on any atom is -0.462 e. The second-order valence-corrected chi connectivity index (χ2v) is 26.4. The van der Waals surface area contributed by atoms with Crippen molar-refractivity contribution in [1.29, 1.82) is 0 Å². The van der Waals surface area contributed by atoms with Crippen LogP contribution in [0.3, 0.4) is 0 Å². The molecule has 0 aliphatic heterocycles. The minimum atomic E-state index is -4.38. The van der Waals surface area contributed by atoms with Crippen molar-refractivity contribution in [2.75, 3.05) is 47.5 Å². The van der Waals surface area contributed by atoms with Crippen LogP contribution in [0.1, 0.15) is 348 Å². The van der Waals surface area contributed by atoms with E-state index >= 15 is 0 Å². The number of hydrogen-bond donors (Lipinski definition) is 1. The van der Waals surface area contributed by atoms with Gasteiger partial charge < -0.3 is 18.9 Å². The van der Waals surface area contributed by atoms with E-state index in [9.17, 15) is 19.0 Å². The quantitative estimate of drug-likeness (QED) is 0.0211. The molecule has 2 atom stereocenters. The molecule has 0 saturated carbocycles. The molecular formula is C70H135NO8P+. The summed E-state index contributed by atoms with van der Waals surface area (Å²) in [6, 6.07) is 0. The summed E-state index contributed by atoms with van der Waals surface area (Å²) < 4.78 is 34.7. The zero-order valence-electron chi connectivity index (χ0n) is 53.8. The molecule has 0 spiro atoms. The third kappa shape index (κ3) is 65.4. The van der Waals surface area contributed by atoms with Gasteiger partial charge in [-0.25, -0.2) is 4.57 Å². The van der Waals surface area contributed by atoms with Crippen LogP contribution in [-0.4, -0.2) is 74.9 Å². The van der Waals surface area contributed by atoms with Gasteiger partial charge in [0.1, 0.15) is 19.8 Å². The number of rotatable bonds is 65. The van der Waals surface area contributed by atoms with Crippen LogP contribution in [0, 0.1) is 0 Å². The molecule has 9 nitrogen and oxygen atoms in total. The summed E-state index contributed by atoms with van der Waals surface area (Å²) in [7, 11) is 1.50. The van der Waals surface area contributed by atoms with Gasteiger partial charge in [-0.1, -0.05) is 320 Å². The lowest BCUT2D eigenvalue weighted by atomic mass is 10.0. The maximum absolute atomic E-state index is 12.9. The standard InChI is InChI=1S/C70H134NO8P/c1-6-8-10-12-14-16-18-20-22-24-25-26-27-28-29-30-31-32-33-34-35-36-37-38-39-40-41-42-43-44-45-47-49-51-53-55-57-59-61-63-70(73)79-68(67-78-80(74,75)77-65-64-71(3,4)5)66-76-69(72)62-60-58-56-54-52-50-48-46-23-21-19-17-15-13-11-9-7-2/h18,20,24-25,27-28,68H,6-17,19,21-23,26,29-67H2,1-5H3/p+1/b20-18-,25-24-,28-27-. The average Bonchev–Trinajstić information content (AvgIpc) is 3.42. The number of nitrogens with zero attached hydrogens (tertiary/aromatic N) is 1. The van der Waals surface area contributed by atoms with Crippen LogP contribution >= 0.6 is 7.82 Å². The molecule has 0 saturated heterocycles. The normalized spacial score (nSPS) is 13.3. The van der Waals surface area contributed by atoms with Crippen LogP contribution in [0.25, 0.3) is 0 Å². The SMILES string of the molecule is CCCCCCC/C=C\C/C=C\C/C=C\CCCCCCCCCCCCCCCCCCCCCCCCCCC(=O)OC(COC(=O)CCCCCCCCCCCCCCCCCCC)COP(=O)(O)OCC[N+](C)(C)C. The van der Waals surface area contributed by atoms with Crippen molar-refractivity contribution in [2.45, 2.75) is 354 Å². The third-order valence-corrected chi connectivity index (χ3v) is 16.7. The fourth-order valence-electron chi connectivity index (χ4n) is 10.3. The number of phosphoric ester groups is 1. The summed E-state index contributed by atoms with van der Waals surface area (Å²) in [5.74, 6) is -0.775. The Morgan fingerprint density at radius 2 is 0.675 bits per heavy atom. The lowest BCUT2D eigenvalue weighted by molar-refractivity contribution is -0.870. The first kappa shape index (κ1) is 78.2. The summed E-state index contributed by atoms with van der Waals surface area (Å²) >= 11 is 0. The van der Waals surface area contributed by atoms with Gasteiger partial charge in [-0.2, -0.15) is 0 Å². The number of allylic oxidation sites excluding steroid dienone is 6. The van der Waals surface area contributed by atoms with Crippen LogP contribution in [0.2, 0.25) is 0 Å². The Bertz CT molecular complexity index is 1440. The van der Waals surface area contributed by atoms with Gasteiger partial charge in [-0.05, 0) is 51.4 Å². The van der Waals surface area contributed by atoms with Crippen LogP contribution in [0.4, 0.5) is 0 Å². The average molecular weight is 1150 g/mol. The van der Waals surface area contributed by atoms with Crippen LogP contribution in [-0.2, 0) is 32.7 Å². The topological polar surface area (TPSA) is 108 Å². The molecule has 0 aromatic carbocycles. The molecule has 0 aliphatic rings. The zero-order valence-corrected chi connectivity index (χ0v) is 54.7. The second kappa shape index (κ2) is 61.8. The number of hydrogen-bond acceptors (Lipinski definition) is 7. The van der Waals surface area contributed by atoms with Gasteiger partial charge in [0.05, 0.1) is 27.7 Å². The van der Waals surface area contributed by atoms with E-state index in [0.717, 1.165) is 44.9 Å². The van der Waals surface area contributed by atoms with Crippen LogP contribution in [0.5, 0.6) is 0 Å². The van der Waals surface area contributed by atoms with Crippen molar-refractivity contribution in [2.24, 2.45) is 0 Å². The molecule has 472 valence electrons. The first-order chi connectivity index (χ1) is 39.0. The van der Waals surface area contributed by atoms with E-state index < -0.39 is 26.5 Å². The van der Waals surface area contributed by atoms with Crippen molar-refractivity contribution in [1.82, 2.24) is 0 Å². The number of likely N-dealkylation sites (N-methyl/N-ethyl adjacent to an activating group) is 1. The Morgan fingerprint density at radius 1 is 0.388 bits per heavy atom. The van der Waals surface area contributed by atoms with E-state index in [1.165, 1.54) is 270 Å². The lowest BCUT2D eigenvalue weighted by Crippen LogP contribution is -2.37. The van der Waals surface area contributed by atoms with Gasteiger partial charge >= 0.3 is 19.8 Å². The fourth-order valence-corrected chi connectivity index (χ4v) is 11.1. The van der Waals surface area contributed by atoms with E-state index in [4.69, 9.17) is 18.5 Å². The molecule has 0 rings (SSSR count). The molecule has 2 unspecified atom stereocenters. The van der Waals surface area contributed by atoms with Gasteiger partial charge in [-0.15, -0.1) is 0 Å². The number of ether oxygens (including phenoxy) is 2. The predicted octanol–water partition coefficient (Wildman–Crippen LogP) is 22.3. The monoisotopic (exact) mass is 1150 g/mol. The zero-order chi connectivity index (χ0) is 58.4. The number of carbonyl (C=O) groups is 2. The lowest BCUT2D eigenvalue weighted by Gasteiger charge is -2.24. The van der Waals surface area contributed by atoms with Crippen molar-refractivity contribution < 1.29 is 42.1 Å². The molecule has 0 heterocycles. The first-order valence-electron chi connectivity index (χ1n) is 34.7. The number of carbonyl (C=O) groups excluding carboxylic acids is 2. The molecule has 0 amide bonds. The molecule has 80 heavy (non-hydrogen) atoms. The van der Waals surface area contributed by atoms with Gasteiger partial charge in [0.15, 0.2) is 6.10 Å². The van der Waals surface area contributed by atoms with Crippen molar-refractivity contribution in [3.8, 4) is 0 Å². The molecule has 0 aromatic rings. The maximum Gasteiger partial charge on any atom is 0.472 e. The van der Waals surface area contributed by atoms with E-state index in [1.807, 2.05) is 21.1 Å². The highest BCUT2D eigenvalue weighted by atomic mass is 31.2. The number of unbranched alkanes of at least 4 members (excludes halogenated alkanes) is 45. The van der Waals surface area contributed by atoms with E-state index in [-0.39, 0.29) is 25.6 Å². The van der Waals surface area contributed by atoms with Crippen molar-refractivity contribution >= 4 is 19.8 Å². The summed E-state index contributed by atoms with van der Waals surface area (Å²) in [4.78, 5) is 35.8. The first-order valence-corrected chi connectivity index (χ1v) is 36.2. The Balaban J connectivity index is 3.90. The molecule has 0 aliphatic carbocycles. The van der Waals surface area contributed by atoms with Crippen LogP contribution in [0.15, 0.2) is 36.5 Å². The number of phosphoric acid groups is 1. The highest BCUT2D eigenvalue weighted by molar-refractivity contribution is 7.47. The predicted molar refractivity (Wildman–Crippen MR) is 344 cm³/mol. The largest absolute Gasteiger partial charge is 0.472 e. The van der Waals surface area contributed by atoms with Crippen molar-refractivity contribution in [3.05, 3.63) is 36.5 Å². The third-order valence-electron chi connectivity index (χ3n) is 15.7. The molecule has 0 radical (unpaired) electrons. The van der Waals surface area contributed by atoms with E-state index in [1.54, 1.807) is 0 Å². The van der Waals surface area contributed by atoms with E-state index in [2.05, 4.69) is 50.3 Å². The molecule has 10 heteroatoms. The molecule has 1 N–H and O–H groups in total. The van der Waals surface area contributed by atoms with Gasteiger partial charge in [0.2, 0.25) is 0 Å². The molecule has 0 bridgehead atoms. The summed E-state index contributed by atoms with van der Waals surface area (Å²) in [5, 5.41) is 0. The molecule has 0 fully saturated rings. The highest BCUT2D eigenvalue weighted by Crippen LogP contribution is 2.43. The number of quaternary nitrogens is 1. The fraction of sp³-hybridized carbons (Fsp3) is 0.886.